The van der Waals surface area contributed by atoms with Gasteiger partial charge in [0.15, 0.2) is 4.34 Å². The van der Waals surface area contributed by atoms with Crippen LogP contribution < -0.4 is 10.6 Å². The van der Waals surface area contributed by atoms with Gasteiger partial charge in [0, 0.05) is 12.2 Å². The Labute approximate surface area is 145 Å². The van der Waals surface area contributed by atoms with Gasteiger partial charge in [-0.2, -0.15) is 0 Å². The number of benzene rings is 1. The topological polar surface area (TPSA) is 66.9 Å². The van der Waals surface area contributed by atoms with Crippen LogP contribution in [0.1, 0.15) is 32.3 Å². The Balaban J connectivity index is 1.85. The largest absolute Gasteiger partial charge is 0.356 e. The highest BCUT2D eigenvalue weighted by Gasteiger charge is 2.08. The fraction of sp³-hybridized carbons (Fsp3) is 0.438. The zero-order valence-corrected chi connectivity index (χ0v) is 15.1. The molecule has 0 aliphatic heterocycles. The van der Waals surface area contributed by atoms with Crippen LogP contribution in [0, 0.1) is 0 Å². The standard InChI is InChI=1S/C16H22N4OS2/c1-3-5-6-12-7-9-13(10-8-12)18-15-19-20-16(23-15)22-11-14(21)17-4-2/h7-10H,3-6,11H2,1-2H3,(H,17,21)(H,18,19). The average Bonchev–Trinajstić information content (AvgIpc) is 3.00. The Hall–Kier alpha value is -1.60. The van der Waals surface area contributed by atoms with Crippen molar-refractivity contribution in [1.82, 2.24) is 15.5 Å². The number of amides is 1. The van der Waals surface area contributed by atoms with E-state index in [-0.39, 0.29) is 5.91 Å². The molecule has 0 fully saturated rings. The predicted octanol–water partition coefficient (Wildman–Crippen LogP) is 3.85. The number of rotatable bonds is 9. The number of hydrogen-bond donors (Lipinski definition) is 2. The van der Waals surface area contributed by atoms with Gasteiger partial charge in [0.1, 0.15) is 0 Å². The quantitative estimate of drug-likeness (QED) is 0.672. The summed E-state index contributed by atoms with van der Waals surface area (Å²) in [5.41, 5.74) is 2.36. The van der Waals surface area contributed by atoms with Gasteiger partial charge in [-0.1, -0.05) is 48.6 Å². The molecule has 1 aromatic heterocycles. The Morgan fingerprint density at radius 1 is 1.22 bits per heavy atom. The molecule has 0 bridgehead atoms. The first kappa shape index (κ1) is 17.7. The summed E-state index contributed by atoms with van der Waals surface area (Å²) in [4.78, 5) is 11.4. The Bertz CT molecular complexity index is 613. The number of thioether (sulfide) groups is 1. The second-order valence-electron chi connectivity index (χ2n) is 5.04. The van der Waals surface area contributed by atoms with E-state index in [1.807, 2.05) is 6.92 Å². The lowest BCUT2D eigenvalue weighted by molar-refractivity contribution is -0.118. The highest BCUT2D eigenvalue weighted by Crippen LogP contribution is 2.27. The van der Waals surface area contributed by atoms with Crippen molar-refractivity contribution in [3.8, 4) is 0 Å². The number of nitrogens with one attached hydrogen (secondary N) is 2. The molecule has 0 atom stereocenters. The molecule has 2 aromatic rings. The molecule has 2 rings (SSSR count). The lowest BCUT2D eigenvalue weighted by Crippen LogP contribution is -2.24. The van der Waals surface area contributed by atoms with Gasteiger partial charge in [0.2, 0.25) is 11.0 Å². The van der Waals surface area contributed by atoms with Crippen LogP contribution in [0.15, 0.2) is 28.6 Å². The van der Waals surface area contributed by atoms with E-state index < -0.39 is 0 Å². The zero-order valence-electron chi connectivity index (χ0n) is 13.5. The first-order valence-corrected chi connectivity index (χ1v) is 9.60. The van der Waals surface area contributed by atoms with E-state index in [0.29, 0.717) is 12.3 Å². The number of aromatic nitrogens is 2. The van der Waals surface area contributed by atoms with Gasteiger partial charge in [0.25, 0.3) is 0 Å². The Morgan fingerprint density at radius 3 is 2.70 bits per heavy atom. The van der Waals surface area contributed by atoms with Gasteiger partial charge >= 0.3 is 0 Å². The molecule has 0 aliphatic carbocycles. The second kappa shape index (κ2) is 9.52. The first-order valence-electron chi connectivity index (χ1n) is 7.80. The third-order valence-electron chi connectivity index (χ3n) is 3.13. The van der Waals surface area contributed by atoms with Crippen molar-refractivity contribution in [2.75, 3.05) is 17.6 Å². The summed E-state index contributed by atoms with van der Waals surface area (Å²) in [5.74, 6) is 0.388. The Morgan fingerprint density at radius 2 is 2.00 bits per heavy atom. The van der Waals surface area contributed by atoms with Gasteiger partial charge in [-0.05, 0) is 37.5 Å². The van der Waals surface area contributed by atoms with Crippen LogP contribution in [0.3, 0.4) is 0 Å². The van der Waals surface area contributed by atoms with E-state index >= 15 is 0 Å². The van der Waals surface area contributed by atoms with E-state index in [9.17, 15) is 4.79 Å². The van der Waals surface area contributed by atoms with Crippen molar-refractivity contribution in [2.24, 2.45) is 0 Å². The number of unbranched alkanes of at least 4 members (excludes halogenated alkanes) is 1. The van der Waals surface area contributed by atoms with E-state index in [2.05, 4.69) is 52.0 Å². The molecule has 2 N–H and O–H groups in total. The van der Waals surface area contributed by atoms with Crippen LogP contribution in [0.25, 0.3) is 0 Å². The second-order valence-corrected chi connectivity index (χ2v) is 7.24. The van der Waals surface area contributed by atoms with Crippen LogP contribution >= 0.6 is 23.1 Å². The SMILES string of the molecule is CCCCc1ccc(Nc2nnc(SCC(=O)NCC)s2)cc1. The van der Waals surface area contributed by atoms with Crippen LogP contribution in [0.5, 0.6) is 0 Å². The zero-order chi connectivity index (χ0) is 16.5. The number of aryl methyl sites for hydroxylation is 1. The number of anilines is 2. The van der Waals surface area contributed by atoms with E-state index in [1.165, 1.54) is 41.5 Å². The third kappa shape index (κ3) is 6.19. The summed E-state index contributed by atoms with van der Waals surface area (Å²) in [6, 6.07) is 8.41. The molecule has 0 spiro atoms. The molecule has 0 saturated heterocycles. The number of carbonyl (C=O) groups excluding carboxylic acids is 1. The fourth-order valence-corrected chi connectivity index (χ4v) is 3.56. The molecule has 124 valence electrons. The molecule has 0 aliphatic rings. The minimum atomic E-state index is 0.0184. The predicted molar refractivity (Wildman–Crippen MR) is 97.7 cm³/mol. The molecule has 0 radical (unpaired) electrons. The number of nitrogens with zero attached hydrogens (tertiary/aromatic N) is 2. The average molecular weight is 351 g/mol. The van der Waals surface area contributed by atoms with Crippen molar-refractivity contribution in [2.45, 2.75) is 37.4 Å². The molecular weight excluding hydrogens is 328 g/mol. The van der Waals surface area contributed by atoms with E-state index in [1.54, 1.807) is 0 Å². The maximum absolute atomic E-state index is 11.4. The van der Waals surface area contributed by atoms with Gasteiger partial charge in [-0.3, -0.25) is 4.79 Å². The van der Waals surface area contributed by atoms with Gasteiger partial charge < -0.3 is 10.6 Å². The number of carbonyl (C=O) groups is 1. The monoisotopic (exact) mass is 350 g/mol. The van der Waals surface area contributed by atoms with Crippen LogP contribution in [0.4, 0.5) is 10.8 Å². The van der Waals surface area contributed by atoms with Gasteiger partial charge in [-0.15, -0.1) is 10.2 Å². The highest BCUT2D eigenvalue weighted by atomic mass is 32.2. The molecule has 5 nitrogen and oxygen atoms in total. The van der Waals surface area contributed by atoms with Crippen molar-refractivity contribution >= 4 is 39.8 Å². The highest BCUT2D eigenvalue weighted by molar-refractivity contribution is 8.01. The maximum Gasteiger partial charge on any atom is 0.230 e. The molecule has 1 heterocycles. The van der Waals surface area contributed by atoms with Crippen LogP contribution in [-0.2, 0) is 11.2 Å². The normalized spacial score (nSPS) is 10.5. The third-order valence-corrected chi connectivity index (χ3v) is 5.10. The molecule has 0 saturated carbocycles. The lowest BCUT2D eigenvalue weighted by Gasteiger charge is -2.04. The van der Waals surface area contributed by atoms with E-state index in [0.717, 1.165) is 21.6 Å². The molecule has 7 heteroatoms. The van der Waals surface area contributed by atoms with Gasteiger partial charge in [0.05, 0.1) is 5.75 Å². The minimum absolute atomic E-state index is 0.0184. The molecule has 1 aromatic carbocycles. The summed E-state index contributed by atoms with van der Waals surface area (Å²) < 4.78 is 0.790. The summed E-state index contributed by atoms with van der Waals surface area (Å²) >= 11 is 2.86. The molecular formula is C16H22N4OS2. The number of hydrogen-bond acceptors (Lipinski definition) is 6. The summed E-state index contributed by atoms with van der Waals surface area (Å²) in [6.45, 7) is 4.76. The van der Waals surface area contributed by atoms with Crippen molar-refractivity contribution in [1.29, 1.82) is 0 Å². The molecule has 23 heavy (non-hydrogen) atoms. The van der Waals surface area contributed by atoms with E-state index in [4.69, 9.17) is 0 Å². The maximum atomic E-state index is 11.4. The summed E-state index contributed by atoms with van der Waals surface area (Å²) in [6.07, 6.45) is 3.55. The van der Waals surface area contributed by atoms with Crippen molar-refractivity contribution < 1.29 is 4.79 Å². The van der Waals surface area contributed by atoms with Crippen LogP contribution in [-0.4, -0.2) is 28.4 Å². The smallest absolute Gasteiger partial charge is 0.230 e. The fourth-order valence-electron chi connectivity index (χ4n) is 1.95. The van der Waals surface area contributed by atoms with Gasteiger partial charge in [-0.25, -0.2) is 0 Å². The Kier molecular flexibility index (Phi) is 7.35. The lowest BCUT2D eigenvalue weighted by atomic mass is 10.1. The first-order chi connectivity index (χ1) is 11.2. The van der Waals surface area contributed by atoms with Crippen molar-refractivity contribution in [3.63, 3.8) is 0 Å². The summed E-state index contributed by atoms with van der Waals surface area (Å²) in [7, 11) is 0. The van der Waals surface area contributed by atoms with Crippen molar-refractivity contribution in [3.05, 3.63) is 29.8 Å². The van der Waals surface area contributed by atoms with Crippen LogP contribution in [0.2, 0.25) is 0 Å². The molecule has 1 amide bonds. The molecule has 0 unspecified atom stereocenters. The minimum Gasteiger partial charge on any atom is -0.356 e. The summed E-state index contributed by atoms with van der Waals surface area (Å²) in [5, 5.41) is 15.0.